The summed E-state index contributed by atoms with van der Waals surface area (Å²) in [5, 5.41) is 10.9. The Morgan fingerprint density at radius 1 is 1.43 bits per heavy atom. The number of rotatable bonds is 2. The van der Waals surface area contributed by atoms with Crippen molar-refractivity contribution in [2.75, 3.05) is 0 Å². The fourth-order valence-corrected chi connectivity index (χ4v) is 4.07. The summed E-state index contributed by atoms with van der Waals surface area (Å²) in [6, 6.07) is 0. The standard InChI is InChI=1S/C13H22O/c1-5-7-13(14)11(2,3)10-6-8-12(13,4)9-10/h5,10,14H,1,6-9H2,2-4H3/t10-,12+,13-/m0/s1. The average molecular weight is 194 g/mol. The molecule has 0 aromatic carbocycles. The largest absolute Gasteiger partial charge is 0.388 e. The Morgan fingerprint density at radius 3 is 2.50 bits per heavy atom. The molecule has 0 saturated heterocycles. The average Bonchev–Trinajstić information content (AvgIpc) is 2.53. The lowest BCUT2D eigenvalue weighted by atomic mass is 9.59. The molecule has 2 aliphatic carbocycles. The van der Waals surface area contributed by atoms with Crippen molar-refractivity contribution in [1.29, 1.82) is 0 Å². The van der Waals surface area contributed by atoms with Crippen LogP contribution in [0.3, 0.4) is 0 Å². The second-order valence-corrected chi connectivity index (χ2v) is 6.08. The van der Waals surface area contributed by atoms with Crippen LogP contribution in [-0.4, -0.2) is 10.7 Å². The van der Waals surface area contributed by atoms with Crippen LogP contribution in [0.25, 0.3) is 0 Å². The van der Waals surface area contributed by atoms with Crippen LogP contribution >= 0.6 is 0 Å². The van der Waals surface area contributed by atoms with Gasteiger partial charge in [-0.1, -0.05) is 26.8 Å². The van der Waals surface area contributed by atoms with Crippen molar-refractivity contribution in [1.82, 2.24) is 0 Å². The Labute approximate surface area is 87.2 Å². The molecule has 0 heterocycles. The maximum Gasteiger partial charge on any atom is 0.0788 e. The molecule has 0 spiro atoms. The second-order valence-electron chi connectivity index (χ2n) is 6.08. The Morgan fingerprint density at radius 2 is 2.07 bits per heavy atom. The molecule has 0 amide bonds. The number of hydrogen-bond donors (Lipinski definition) is 1. The van der Waals surface area contributed by atoms with Crippen LogP contribution < -0.4 is 0 Å². The third-order valence-corrected chi connectivity index (χ3v) is 5.27. The van der Waals surface area contributed by atoms with E-state index in [4.69, 9.17) is 0 Å². The van der Waals surface area contributed by atoms with Gasteiger partial charge in [0.2, 0.25) is 0 Å². The molecule has 1 nitrogen and oxygen atoms in total. The van der Waals surface area contributed by atoms with Gasteiger partial charge in [-0.2, -0.15) is 0 Å². The first-order valence-corrected chi connectivity index (χ1v) is 5.71. The Bertz CT molecular complexity index is 262. The van der Waals surface area contributed by atoms with Gasteiger partial charge in [-0.05, 0) is 42.4 Å². The normalized spacial score (nSPS) is 49.6. The highest BCUT2D eigenvalue weighted by Gasteiger charge is 2.67. The molecule has 3 atom stereocenters. The van der Waals surface area contributed by atoms with Gasteiger partial charge in [-0.15, -0.1) is 6.58 Å². The molecule has 0 aromatic heterocycles. The van der Waals surface area contributed by atoms with Crippen molar-refractivity contribution in [3.05, 3.63) is 12.7 Å². The summed E-state index contributed by atoms with van der Waals surface area (Å²) in [6.45, 7) is 10.5. The van der Waals surface area contributed by atoms with E-state index in [1.165, 1.54) is 19.3 Å². The van der Waals surface area contributed by atoms with Crippen LogP contribution in [0, 0.1) is 16.7 Å². The summed E-state index contributed by atoms with van der Waals surface area (Å²) in [5.74, 6) is 0.706. The van der Waals surface area contributed by atoms with Gasteiger partial charge in [0.05, 0.1) is 5.60 Å². The molecule has 2 saturated carbocycles. The summed E-state index contributed by atoms with van der Waals surface area (Å²) < 4.78 is 0. The van der Waals surface area contributed by atoms with E-state index in [0.29, 0.717) is 5.92 Å². The molecular weight excluding hydrogens is 172 g/mol. The third-order valence-electron chi connectivity index (χ3n) is 5.27. The highest BCUT2D eigenvalue weighted by atomic mass is 16.3. The van der Waals surface area contributed by atoms with E-state index < -0.39 is 5.60 Å². The molecule has 0 aromatic rings. The summed E-state index contributed by atoms with van der Waals surface area (Å²) in [5.41, 5.74) is -0.325. The van der Waals surface area contributed by atoms with Crippen LogP contribution in [0.2, 0.25) is 0 Å². The van der Waals surface area contributed by atoms with E-state index in [2.05, 4.69) is 27.4 Å². The molecule has 0 unspecified atom stereocenters. The van der Waals surface area contributed by atoms with E-state index in [-0.39, 0.29) is 10.8 Å². The molecular formula is C13H22O. The minimum atomic E-state index is -0.523. The first-order valence-electron chi connectivity index (χ1n) is 5.71. The van der Waals surface area contributed by atoms with E-state index in [9.17, 15) is 5.11 Å². The van der Waals surface area contributed by atoms with Gasteiger partial charge in [-0.3, -0.25) is 0 Å². The number of aliphatic hydroxyl groups is 1. The van der Waals surface area contributed by atoms with Gasteiger partial charge in [0.25, 0.3) is 0 Å². The zero-order chi connectivity index (χ0) is 10.6. The minimum Gasteiger partial charge on any atom is -0.388 e. The van der Waals surface area contributed by atoms with Gasteiger partial charge in [0.15, 0.2) is 0 Å². The molecule has 0 aliphatic heterocycles. The van der Waals surface area contributed by atoms with Gasteiger partial charge in [-0.25, -0.2) is 0 Å². The molecule has 0 radical (unpaired) electrons. The van der Waals surface area contributed by atoms with Gasteiger partial charge < -0.3 is 5.11 Å². The lowest BCUT2D eigenvalue weighted by molar-refractivity contribution is -0.140. The maximum absolute atomic E-state index is 10.9. The predicted molar refractivity (Wildman–Crippen MR) is 59.0 cm³/mol. The van der Waals surface area contributed by atoms with Crippen molar-refractivity contribution >= 4 is 0 Å². The van der Waals surface area contributed by atoms with Gasteiger partial charge in [0, 0.05) is 0 Å². The predicted octanol–water partition coefficient (Wildman–Crippen LogP) is 3.14. The Balaban J connectivity index is 2.43. The molecule has 80 valence electrons. The number of fused-ring (bicyclic) bond motifs is 2. The SMILES string of the molecule is C=CC[C@]1(O)C(C)(C)[C@H]2CC[C@]1(C)C2. The molecule has 2 fully saturated rings. The van der Waals surface area contributed by atoms with Crippen LogP contribution in [0.15, 0.2) is 12.7 Å². The fraction of sp³-hybridized carbons (Fsp3) is 0.846. The van der Waals surface area contributed by atoms with Crippen molar-refractivity contribution < 1.29 is 5.11 Å². The summed E-state index contributed by atoms with van der Waals surface area (Å²) in [7, 11) is 0. The summed E-state index contributed by atoms with van der Waals surface area (Å²) in [6.07, 6.45) is 6.30. The quantitative estimate of drug-likeness (QED) is 0.670. The molecule has 2 rings (SSSR count). The fourth-order valence-electron chi connectivity index (χ4n) is 4.07. The molecule has 2 bridgehead atoms. The third kappa shape index (κ3) is 0.894. The summed E-state index contributed by atoms with van der Waals surface area (Å²) >= 11 is 0. The van der Waals surface area contributed by atoms with Crippen LogP contribution in [-0.2, 0) is 0 Å². The van der Waals surface area contributed by atoms with Crippen molar-refractivity contribution in [3.63, 3.8) is 0 Å². The smallest absolute Gasteiger partial charge is 0.0788 e. The highest BCUT2D eigenvalue weighted by molar-refractivity contribution is 5.19. The molecule has 2 aliphatic rings. The topological polar surface area (TPSA) is 20.2 Å². The van der Waals surface area contributed by atoms with Gasteiger partial charge >= 0.3 is 0 Å². The van der Waals surface area contributed by atoms with Crippen LogP contribution in [0.4, 0.5) is 0 Å². The second kappa shape index (κ2) is 2.63. The zero-order valence-corrected chi connectivity index (χ0v) is 9.64. The number of hydrogen-bond acceptors (Lipinski definition) is 1. The van der Waals surface area contributed by atoms with E-state index in [1.807, 2.05) is 6.08 Å². The van der Waals surface area contributed by atoms with E-state index >= 15 is 0 Å². The highest BCUT2D eigenvalue weighted by Crippen LogP contribution is 2.69. The molecule has 14 heavy (non-hydrogen) atoms. The van der Waals surface area contributed by atoms with Crippen molar-refractivity contribution in [2.24, 2.45) is 16.7 Å². The lowest BCUT2D eigenvalue weighted by Gasteiger charge is -2.50. The van der Waals surface area contributed by atoms with Crippen LogP contribution in [0.1, 0.15) is 46.5 Å². The van der Waals surface area contributed by atoms with E-state index in [1.54, 1.807) is 0 Å². The summed E-state index contributed by atoms with van der Waals surface area (Å²) in [4.78, 5) is 0. The Hall–Kier alpha value is -0.300. The zero-order valence-electron chi connectivity index (χ0n) is 9.64. The lowest BCUT2D eigenvalue weighted by Crippen LogP contribution is -2.53. The van der Waals surface area contributed by atoms with E-state index in [0.717, 1.165) is 6.42 Å². The first-order chi connectivity index (χ1) is 6.37. The monoisotopic (exact) mass is 194 g/mol. The van der Waals surface area contributed by atoms with Crippen molar-refractivity contribution in [3.8, 4) is 0 Å². The van der Waals surface area contributed by atoms with Crippen molar-refractivity contribution in [2.45, 2.75) is 52.1 Å². The maximum atomic E-state index is 10.9. The molecule has 1 N–H and O–H groups in total. The van der Waals surface area contributed by atoms with Gasteiger partial charge in [0.1, 0.15) is 0 Å². The first kappa shape index (κ1) is 10.2. The Kier molecular flexibility index (Phi) is 1.92. The van der Waals surface area contributed by atoms with Crippen LogP contribution in [0.5, 0.6) is 0 Å². The molecule has 1 heteroatoms. The minimum absolute atomic E-state index is 0.0637.